The second kappa shape index (κ2) is 9.57. The Kier molecular flexibility index (Phi) is 6.79. The van der Waals surface area contributed by atoms with Crippen LogP contribution >= 0.6 is 11.6 Å². The summed E-state index contributed by atoms with van der Waals surface area (Å²) in [4.78, 5) is 17.0. The normalized spacial score (nSPS) is 20.1. The third kappa shape index (κ3) is 5.28. The first-order valence-electron chi connectivity index (χ1n) is 10.7. The molecule has 6 nitrogen and oxygen atoms in total. The van der Waals surface area contributed by atoms with Gasteiger partial charge in [-0.05, 0) is 79.3 Å². The number of halogens is 1. The molecular weight excluding hydrogens is 446 g/mol. The number of fused-ring (bicyclic) bond motifs is 1. The van der Waals surface area contributed by atoms with Crippen molar-refractivity contribution in [1.29, 1.82) is 0 Å². The summed E-state index contributed by atoms with van der Waals surface area (Å²) in [6.07, 6.45) is 6.00. The Balaban J connectivity index is 1.34. The van der Waals surface area contributed by atoms with Gasteiger partial charge < -0.3 is 5.32 Å². The minimum absolute atomic E-state index is 0.0100. The summed E-state index contributed by atoms with van der Waals surface area (Å²) in [5.41, 5.74) is 0.958. The van der Waals surface area contributed by atoms with Crippen molar-refractivity contribution < 1.29 is 13.2 Å². The number of nitrogens with one attached hydrogen (secondary N) is 2. The SMILES string of the molecule is CC(NC(=O)C1CCC(NS(=O)(=O)c2ccc3cc(Cl)ccc3c2)CC1)c1cccnc1. The maximum Gasteiger partial charge on any atom is 0.240 e. The second-order valence-electron chi connectivity index (χ2n) is 8.34. The van der Waals surface area contributed by atoms with E-state index in [2.05, 4.69) is 15.0 Å². The number of nitrogens with zero attached hydrogens (tertiary/aromatic N) is 1. The summed E-state index contributed by atoms with van der Waals surface area (Å²) >= 11 is 6.01. The largest absolute Gasteiger partial charge is 0.349 e. The van der Waals surface area contributed by atoms with Gasteiger partial charge >= 0.3 is 0 Å². The van der Waals surface area contributed by atoms with E-state index >= 15 is 0 Å². The molecule has 2 aromatic carbocycles. The van der Waals surface area contributed by atoms with E-state index < -0.39 is 10.0 Å². The van der Waals surface area contributed by atoms with Gasteiger partial charge in [0, 0.05) is 29.4 Å². The summed E-state index contributed by atoms with van der Waals surface area (Å²) in [6.45, 7) is 1.94. The van der Waals surface area contributed by atoms with Crippen LogP contribution in [0.1, 0.15) is 44.2 Å². The molecule has 0 saturated heterocycles. The van der Waals surface area contributed by atoms with Crippen LogP contribution in [-0.2, 0) is 14.8 Å². The summed E-state index contributed by atoms with van der Waals surface area (Å²) in [5, 5.41) is 5.37. The fourth-order valence-corrected chi connectivity index (χ4v) is 5.69. The summed E-state index contributed by atoms with van der Waals surface area (Å²) in [7, 11) is -3.64. The van der Waals surface area contributed by atoms with Crippen molar-refractivity contribution >= 4 is 38.3 Å². The van der Waals surface area contributed by atoms with E-state index in [-0.39, 0.29) is 28.8 Å². The lowest BCUT2D eigenvalue weighted by molar-refractivity contribution is -0.126. The molecule has 32 heavy (non-hydrogen) atoms. The highest BCUT2D eigenvalue weighted by atomic mass is 35.5. The van der Waals surface area contributed by atoms with Gasteiger partial charge in [-0.25, -0.2) is 13.1 Å². The summed E-state index contributed by atoms with van der Waals surface area (Å²) in [5.74, 6) is -0.101. The molecule has 1 amide bonds. The Morgan fingerprint density at radius 1 is 1.06 bits per heavy atom. The molecular formula is C24H26ClN3O3S. The maximum atomic E-state index is 12.9. The van der Waals surface area contributed by atoms with E-state index in [1.54, 1.807) is 36.7 Å². The monoisotopic (exact) mass is 471 g/mol. The Morgan fingerprint density at radius 3 is 2.50 bits per heavy atom. The Bertz CT molecular complexity index is 1210. The van der Waals surface area contributed by atoms with Crippen molar-refractivity contribution in [3.05, 3.63) is 71.5 Å². The third-order valence-corrected chi connectivity index (χ3v) is 7.80. The van der Waals surface area contributed by atoms with Gasteiger partial charge in [-0.15, -0.1) is 0 Å². The molecule has 1 fully saturated rings. The lowest BCUT2D eigenvalue weighted by Gasteiger charge is -2.29. The van der Waals surface area contributed by atoms with Crippen molar-refractivity contribution in [1.82, 2.24) is 15.0 Å². The van der Waals surface area contributed by atoms with Gasteiger partial charge in [0.05, 0.1) is 10.9 Å². The number of sulfonamides is 1. The molecule has 1 saturated carbocycles. The Labute approximate surface area is 193 Å². The predicted molar refractivity (Wildman–Crippen MR) is 126 cm³/mol. The molecule has 2 N–H and O–H groups in total. The van der Waals surface area contributed by atoms with Crippen LogP contribution in [0.2, 0.25) is 5.02 Å². The fraction of sp³-hybridized carbons (Fsp3) is 0.333. The van der Waals surface area contributed by atoms with Crippen molar-refractivity contribution in [2.75, 3.05) is 0 Å². The molecule has 168 valence electrons. The average molecular weight is 472 g/mol. The average Bonchev–Trinajstić information content (AvgIpc) is 2.79. The number of hydrogen-bond acceptors (Lipinski definition) is 4. The molecule has 0 radical (unpaired) electrons. The lowest BCUT2D eigenvalue weighted by Crippen LogP contribution is -2.41. The molecule has 1 aliphatic rings. The second-order valence-corrected chi connectivity index (χ2v) is 10.5. The van der Waals surface area contributed by atoms with E-state index in [1.165, 1.54) is 0 Å². The minimum Gasteiger partial charge on any atom is -0.349 e. The molecule has 8 heteroatoms. The molecule has 1 aromatic heterocycles. The van der Waals surface area contributed by atoms with Gasteiger partial charge in [0.2, 0.25) is 15.9 Å². The number of benzene rings is 2. The van der Waals surface area contributed by atoms with E-state index in [1.807, 2.05) is 31.2 Å². The first kappa shape index (κ1) is 22.7. The van der Waals surface area contributed by atoms with Crippen LogP contribution in [0.4, 0.5) is 0 Å². The van der Waals surface area contributed by atoms with E-state index in [9.17, 15) is 13.2 Å². The number of amides is 1. The smallest absolute Gasteiger partial charge is 0.240 e. The Hall–Kier alpha value is -2.48. The number of rotatable bonds is 6. The molecule has 1 unspecified atom stereocenters. The molecule has 1 aliphatic carbocycles. The molecule has 3 aromatic rings. The van der Waals surface area contributed by atoms with Crippen LogP contribution in [0.15, 0.2) is 65.8 Å². The molecule has 0 aliphatic heterocycles. The highest BCUT2D eigenvalue weighted by Gasteiger charge is 2.29. The highest BCUT2D eigenvalue weighted by Crippen LogP contribution is 2.28. The number of aromatic nitrogens is 1. The van der Waals surface area contributed by atoms with Gasteiger partial charge in [-0.3, -0.25) is 9.78 Å². The van der Waals surface area contributed by atoms with Gasteiger partial charge in [-0.2, -0.15) is 0 Å². The van der Waals surface area contributed by atoms with Gasteiger partial charge in [0.1, 0.15) is 0 Å². The zero-order valence-corrected chi connectivity index (χ0v) is 19.4. The highest BCUT2D eigenvalue weighted by molar-refractivity contribution is 7.89. The molecule has 0 spiro atoms. The van der Waals surface area contributed by atoms with E-state index in [4.69, 9.17) is 11.6 Å². The maximum absolute atomic E-state index is 12.9. The molecule has 1 heterocycles. The lowest BCUT2D eigenvalue weighted by atomic mass is 9.85. The Morgan fingerprint density at radius 2 is 1.78 bits per heavy atom. The van der Waals surface area contributed by atoms with E-state index in [0.29, 0.717) is 30.7 Å². The van der Waals surface area contributed by atoms with Crippen LogP contribution < -0.4 is 10.0 Å². The fourth-order valence-electron chi connectivity index (χ4n) is 4.17. The topological polar surface area (TPSA) is 88.2 Å². The first-order valence-corrected chi connectivity index (χ1v) is 12.6. The predicted octanol–water partition coefficient (Wildman–Crippen LogP) is 4.60. The first-order chi connectivity index (χ1) is 15.3. The molecule has 1 atom stereocenters. The van der Waals surface area contributed by atoms with Crippen molar-refractivity contribution in [2.24, 2.45) is 5.92 Å². The van der Waals surface area contributed by atoms with Crippen molar-refractivity contribution in [3.8, 4) is 0 Å². The van der Waals surface area contributed by atoms with Crippen LogP contribution in [-0.4, -0.2) is 25.4 Å². The zero-order chi connectivity index (χ0) is 22.7. The summed E-state index contributed by atoms with van der Waals surface area (Å²) in [6, 6.07) is 13.9. The standard InChI is InChI=1S/C24H26ClN3O3S/c1-16(20-3-2-12-26-15-20)27-24(29)17-5-9-22(10-6-17)28-32(30,31)23-11-7-18-13-21(25)8-4-19(18)14-23/h2-4,7-8,11-17,22,28H,5-6,9-10H2,1H3,(H,27,29). The number of carbonyl (C=O) groups is 1. The minimum atomic E-state index is -3.64. The number of hydrogen-bond donors (Lipinski definition) is 2. The molecule has 4 rings (SSSR count). The van der Waals surface area contributed by atoms with Gasteiger partial charge in [-0.1, -0.05) is 29.8 Å². The van der Waals surface area contributed by atoms with Crippen LogP contribution in [0, 0.1) is 5.92 Å². The molecule has 0 bridgehead atoms. The number of pyridine rings is 1. The van der Waals surface area contributed by atoms with E-state index in [0.717, 1.165) is 16.3 Å². The van der Waals surface area contributed by atoms with Gasteiger partial charge in [0.25, 0.3) is 0 Å². The zero-order valence-electron chi connectivity index (χ0n) is 17.8. The van der Waals surface area contributed by atoms with Crippen molar-refractivity contribution in [2.45, 2.75) is 49.6 Å². The third-order valence-electron chi connectivity index (χ3n) is 6.05. The quantitative estimate of drug-likeness (QED) is 0.549. The van der Waals surface area contributed by atoms with Crippen LogP contribution in [0.5, 0.6) is 0 Å². The number of carbonyl (C=O) groups excluding carboxylic acids is 1. The van der Waals surface area contributed by atoms with Crippen LogP contribution in [0.25, 0.3) is 10.8 Å². The van der Waals surface area contributed by atoms with Crippen LogP contribution in [0.3, 0.4) is 0 Å². The van der Waals surface area contributed by atoms with Crippen molar-refractivity contribution in [3.63, 3.8) is 0 Å². The van der Waals surface area contributed by atoms with Gasteiger partial charge in [0.15, 0.2) is 0 Å². The summed E-state index contributed by atoms with van der Waals surface area (Å²) < 4.78 is 28.6.